The molecular weight excluding hydrogens is 238 g/mol. The number of hydrogen-bond donors (Lipinski definition) is 2. The molecule has 0 aliphatic carbocycles. The molecule has 0 aliphatic heterocycles. The van der Waals surface area contributed by atoms with Crippen molar-refractivity contribution < 1.29 is 5.11 Å². The van der Waals surface area contributed by atoms with Crippen LogP contribution in [0.1, 0.15) is 31.4 Å². The number of nitrogens with one attached hydrogen (secondary N) is 1. The third-order valence-corrected chi connectivity index (χ3v) is 3.08. The molecule has 0 radical (unpaired) electrons. The van der Waals surface area contributed by atoms with Crippen LogP contribution in [0.2, 0.25) is 0 Å². The predicted octanol–water partition coefficient (Wildman–Crippen LogP) is 2.30. The SMILES string of the molecule is CCCNC(CCO)c1cnn(-c2ccccc2)c1. The summed E-state index contributed by atoms with van der Waals surface area (Å²) in [6.45, 7) is 3.26. The largest absolute Gasteiger partial charge is 0.396 e. The molecule has 2 aromatic rings. The van der Waals surface area contributed by atoms with E-state index in [4.69, 9.17) is 5.11 Å². The summed E-state index contributed by atoms with van der Waals surface area (Å²) < 4.78 is 1.87. The number of aliphatic hydroxyl groups excluding tert-OH is 1. The fourth-order valence-electron chi connectivity index (χ4n) is 2.07. The normalized spacial score (nSPS) is 12.5. The highest BCUT2D eigenvalue weighted by Crippen LogP contribution is 2.17. The minimum Gasteiger partial charge on any atom is -0.396 e. The summed E-state index contributed by atoms with van der Waals surface area (Å²) in [4.78, 5) is 0. The Morgan fingerprint density at radius 3 is 2.79 bits per heavy atom. The van der Waals surface area contributed by atoms with E-state index in [-0.39, 0.29) is 12.6 Å². The predicted molar refractivity (Wildman–Crippen MR) is 76.3 cm³/mol. The molecular formula is C15H21N3O. The van der Waals surface area contributed by atoms with Gasteiger partial charge in [0.25, 0.3) is 0 Å². The molecule has 2 N–H and O–H groups in total. The molecule has 1 atom stereocenters. The van der Waals surface area contributed by atoms with Gasteiger partial charge in [0.1, 0.15) is 0 Å². The zero-order valence-electron chi connectivity index (χ0n) is 11.3. The van der Waals surface area contributed by atoms with E-state index in [1.54, 1.807) is 0 Å². The van der Waals surface area contributed by atoms with Crippen molar-refractivity contribution in [1.29, 1.82) is 0 Å². The maximum atomic E-state index is 9.15. The Balaban J connectivity index is 2.14. The summed E-state index contributed by atoms with van der Waals surface area (Å²) in [5.41, 5.74) is 2.17. The van der Waals surface area contributed by atoms with Crippen LogP contribution >= 0.6 is 0 Å². The molecule has 4 nitrogen and oxygen atoms in total. The number of aliphatic hydroxyl groups is 1. The maximum absolute atomic E-state index is 9.15. The minimum atomic E-state index is 0.169. The first-order chi connectivity index (χ1) is 9.35. The van der Waals surface area contributed by atoms with Crippen molar-refractivity contribution in [3.8, 4) is 5.69 Å². The Labute approximate surface area is 114 Å². The van der Waals surface area contributed by atoms with Gasteiger partial charge < -0.3 is 10.4 Å². The number of benzene rings is 1. The van der Waals surface area contributed by atoms with Crippen LogP contribution in [0.5, 0.6) is 0 Å². The van der Waals surface area contributed by atoms with Crippen LogP contribution in [0.15, 0.2) is 42.7 Å². The van der Waals surface area contributed by atoms with Gasteiger partial charge in [-0.2, -0.15) is 5.10 Å². The van der Waals surface area contributed by atoms with Crippen LogP contribution in [0.25, 0.3) is 5.69 Å². The lowest BCUT2D eigenvalue weighted by atomic mass is 10.1. The molecule has 0 saturated heterocycles. The molecule has 1 aromatic heterocycles. The van der Waals surface area contributed by atoms with Crippen molar-refractivity contribution in [3.63, 3.8) is 0 Å². The van der Waals surface area contributed by atoms with Gasteiger partial charge in [0, 0.05) is 24.4 Å². The summed E-state index contributed by atoms with van der Waals surface area (Å²) in [5.74, 6) is 0. The molecule has 0 spiro atoms. The lowest BCUT2D eigenvalue weighted by Gasteiger charge is -2.15. The van der Waals surface area contributed by atoms with Crippen LogP contribution in [-0.4, -0.2) is 28.0 Å². The van der Waals surface area contributed by atoms with Gasteiger partial charge >= 0.3 is 0 Å². The Morgan fingerprint density at radius 2 is 2.11 bits per heavy atom. The summed E-state index contributed by atoms with van der Waals surface area (Å²) >= 11 is 0. The summed E-state index contributed by atoms with van der Waals surface area (Å²) in [5, 5.41) is 17.0. The van der Waals surface area contributed by atoms with E-state index >= 15 is 0 Å². The lowest BCUT2D eigenvalue weighted by Crippen LogP contribution is -2.22. The molecule has 2 rings (SSSR count). The Kier molecular flexibility index (Phi) is 5.12. The van der Waals surface area contributed by atoms with Crippen LogP contribution < -0.4 is 5.32 Å². The van der Waals surface area contributed by atoms with Gasteiger partial charge in [-0.15, -0.1) is 0 Å². The zero-order valence-corrected chi connectivity index (χ0v) is 11.3. The van der Waals surface area contributed by atoms with Crippen molar-refractivity contribution in [2.24, 2.45) is 0 Å². The number of aromatic nitrogens is 2. The second-order valence-electron chi connectivity index (χ2n) is 4.57. The summed E-state index contributed by atoms with van der Waals surface area (Å²) in [6, 6.07) is 10.2. The smallest absolute Gasteiger partial charge is 0.0645 e. The summed E-state index contributed by atoms with van der Waals surface area (Å²) in [7, 11) is 0. The van der Waals surface area contributed by atoms with Gasteiger partial charge in [0.2, 0.25) is 0 Å². The first kappa shape index (κ1) is 13.8. The monoisotopic (exact) mass is 259 g/mol. The van der Waals surface area contributed by atoms with E-state index in [0.717, 1.165) is 24.2 Å². The molecule has 1 heterocycles. The van der Waals surface area contributed by atoms with Gasteiger partial charge in [0.15, 0.2) is 0 Å². The Morgan fingerprint density at radius 1 is 1.32 bits per heavy atom. The highest BCUT2D eigenvalue weighted by molar-refractivity contribution is 5.31. The van der Waals surface area contributed by atoms with E-state index in [1.165, 1.54) is 0 Å². The average molecular weight is 259 g/mol. The first-order valence-corrected chi connectivity index (χ1v) is 6.79. The van der Waals surface area contributed by atoms with Crippen LogP contribution in [0.4, 0.5) is 0 Å². The Hall–Kier alpha value is -1.65. The molecule has 0 amide bonds. The highest BCUT2D eigenvalue weighted by Gasteiger charge is 2.12. The van der Waals surface area contributed by atoms with Crippen molar-refractivity contribution in [2.75, 3.05) is 13.2 Å². The second-order valence-corrected chi connectivity index (χ2v) is 4.57. The van der Waals surface area contributed by atoms with Crippen LogP contribution in [-0.2, 0) is 0 Å². The fraction of sp³-hybridized carbons (Fsp3) is 0.400. The molecule has 0 saturated carbocycles. The van der Waals surface area contributed by atoms with Crippen molar-refractivity contribution in [3.05, 3.63) is 48.3 Å². The van der Waals surface area contributed by atoms with E-state index < -0.39 is 0 Å². The number of nitrogens with zero attached hydrogens (tertiary/aromatic N) is 2. The van der Waals surface area contributed by atoms with Gasteiger partial charge in [0.05, 0.1) is 11.9 Å². The van der Waals surface area contributed by atoms with Crippen LogP contribution in [0, 0.1) is 0 Å². The van der Waals surface area contributed by atoms with Crippen molar-refractivity contribution >= 4 is 0 Å². The molecule has 0 aliphatic rings. The molecule has 1 aromatic carbocycles. The molecule has 19 heavy (non-hydrogen) atoms. The molecule has 0 bridgehead atoms. The van der Waals surface area contributed by atoms with Crippen molar-refractivity contribution in [2.45, 2.75) is 25.8 Å². The van der Waals surface area contributed by atoms with E-state index in [0.29, 0.717) is 6.42 Å². The summed E-state index contributed by atoms with van der Waals surface area (Å²) in [6.07, 6.45) is 5.68. The van der Waals surface area contributed by atoms with Gasteiger partial charge in [-0.1, -0.05) is 25.1 Å². The van der Waals surface area contributed by atoms with Gasteiger partial charge in [-0.05, 0) is 31.5 Å². The number of para-hydroxylation sites is 1. The van der Waals surface area contributed by atoms with Gasteiger partial charge in [-0.3, -0.25) is 0 Å². The van der Waals surface area contributed by atoms with E-state index in [9.17, 15) is 0 Å². The fourth-order valence-corrected chi connectivity index (χ4v) is 2.07. The topological polar surface area (TPSA) is 50.1 Å². The lowest BCUT2D eigenvalue weighted by molar-refractivity contribution is 0.265. The Bertz CT molecular complexity index is 481. The quantitative estimate of drug-likeness (QED) is 0.802. The second kappa shape index (κ2) is 7.07. The molecule has 102 valence electrons. The van der Waals surface area contributed by atoms with E-state index in [1.807, 2.05) is 47.4 Å². The van der Waals surface area contributed by atoms with Crippen molar-refractivity contribution in [1.82, 2.24) is 15.1 Å². The van der Waals surface area contributed by atoms with Crippen LogP contribution in [0.3, 0.4) is 0 Å². The highest BCUT2D eigenvalue weighted by atomic mass is 16.3. The molecule has 4 heteroatoms. The first-order valence-electron chi connectivity index (χ1n) is 6.79. The average Bonchev–Trinajstić information content (AvgIpc) is 2.94. The standard InChI is InChI=1S/C15H21N3O/c1-2-9-16-15(8-10-19)13-11-17-18(12-13)14-6-4-3-5-7-14/h3-7,11-12,15-16,19H,2,8-10H2,1H3. The van der Waals surface area contributed by atoms with Gasteiger partial charge in [-0.25, -0.2) is 4.68 Å². The number of rotatable bonds is 7. The third-order valence-electron chi connectivity index (χ3n) is 3.08. The molecule has 1 unspecified atom stereocenters. The zero-order chi connectivity index (χ0) is 13.5. The number of hydrogen-bond acceptors (Lipinski definition) is 3. The van der Waals surface area contributed by atoms with E-state index in [2.05, 4.69) is 17.3 Å². The third kappa shape index (κ3) is 3.66. The molecule has 0 fully saturated rings. The minimum absolute atomic E-state index is 0.169. The maximum Gasteiger partial charge on any atom is 0.0645 e.